The van der Waals surface area contributed by atoms with E-state index in [-0.39, 0.29) is 16.9 Å². The first kappa shape index (κ1) is 14.0. The lowest BCUT2D eigenvalue weighted by Gasteiger charge is -2.30. The van der Waals surface area contributed by atoms with Gasteiger partial charge in [-0.15, -0.1) is 0 Å². The van der Waals surface area contributed by atoms with E-state index in [1.54, 1.807) is 10.6 Å². The molecule has 0 fully saturated rings. The third kappa shape index (κ3) is 2.28. The molecule has 0 N–H and O–H groups in total. The first-order chi connectivity index (χ1) is 9.78. The fourth-order valence-electron chi connectivity index (χ4n) is 3.14. The number of ketones is 1. The Balaban J connectivity index is 2.26. The molecule has 3 rings (SSSR count). The number of benzene rings is 1. The predicted molar refractivity (Wildman–Crippen MR) is 76.9 cm³/mol. The first-order valence-corrected chi connectivity index (χ1v) is 6.98. The van der Waals surface area contributed by atoms with Gasteiger partial charge in [0.15, 0.2) is 5.78 Å². The average Bonchev–Trinajstić information content (AvgIpc) is 2.68. The van der Waals surface area contributed by atoms with Crippen LogP contribution in [-0.2, 0) is 6.42 Å². The number of halogens is 2. The Hall–Kier alpha value is -1.97. The molecule has 1 aliphatic carbocycles. The molecule has 0 saturated carbocycles. The third-order valence-corrected chi connectivity index (χ3v) is 4.02. The van der Waals surface area contributed by atoms with Crippen LogP contribution in [-0.4, -0.2) is 10.4 Å². The first-order valence-electron chi connectivity index (χ1n) is 6.98. The molecular formula is C17H17F2NO. The summed E-state index contributed by atoms with van der Waals surface area (Å²) >= 11 is 0. The smallest absolute Gasteiger partial charge is 0.165 e. The topological polar surface area (TPSA) is 22.0 Å². The summed E-state index contributed by atoms with van der Waals surface area (Å²) in [7, 11) is 0. The fourth-order valence-corrected chi connectivity index (χ4v) is 3.14. The zero-order valence-corrected chi connectivity index (χ0v) is 12.3. The number of aromatic nitrogens is 1. The second-order valence-corrected chi connectivity index (χ2v) is 6.52. The van der Waals surface area contributed by atoms with Crippen molar-refractivity contribution in [2.75, 3.05) is 0 Å². The second-order valence-electron chi connectivity index (χ2n) is 6.52. The molecule has 1 aliphatic rings. The normalized spacial score (nSPS) is 16.9. The van der Waals surface area contributed by atoms with Crippen LogP contribution in [0.4, 0.5) is 8.78 Å². The standard InChI is InChI=1S/C17H17F2NO/c1-10-6-12-15(8-17(2,3)9-16(12)21)20(10)14-7-11(18)4-5-13(14)19/h4-7H,8-9H2,1-3H3. The zero-order valence-electron chi connectivity index (χ0n) is 12.3. The molecule has 0 atom stereocenters. The number of Topliss-reactive ketones (excluding diaryl/α,β-unsaturated/α-hetero) is 1. The highest BCUT2D eigenvalue weighted by molar-refractivity contribution is 5.99. The number of hydrogen-bond donors (Lipinski definition) is 0. The quantitative estimate of drug-likeness (QED) is 0.770. The van der Waals surface area contributed by atoms with E-state index < -0.39 is 11.6 Å². The van der Waals surface area contributed by atoms with Gasteiger partial charge in [0.25, 0.3) is 0 Å². The van der Waals surface area contributed by atoms with Crippen molar-refractivity contribution in [2.45, 2.75) is 33.6 Å². The number of hydrogen-bond acceptors (Lipinski definition) is 1. The van der Waals surface area contributed by atoms with Gasteiger partial charge in [0.1, 0.15) is 11.6 Å². The molecule has 1 heterocycles. The van der Waals surface area contributed by atoms with E-state index in [9.17, 15) is 13.6 Å². The summed E-state index contributed by atoms with van der Waals surface area (Å²) in [6.45, 7) is 5.84. The molecule has 0 amide bonds. The Morgan fingerprint density at radius 1 is 1.14 bits per heavy atom. The van der Waals surface area contributed by atoms with Crippen molar-refractivity contribution < 1.29 is 13.6 Å². The Kier molecular flexibility index (Phi) is 3.01. The number of fused-ring (bicyclic) bond motifs is 1. The van der Waals surface area contributed by atoms with E-state index in [1.807, 2.05) is 20.8 Å². The van der Waals surface area contributed by atoms with E-state index in [4.69, 9.17) is 0 Å². The summed E-state index contributed by atoms with van der Waals surface area (Å²) in [6, 6.07) is 5.16. The van der Waals surface area contributed by atoms with Crippen LogP contribution in [0.3, 0.4) is 0 Å². The molecule has 110 valence electrons. The number of carbonyl (C=O) groups is 1. The summed E-state index contributed by atoms with van der Waals surface area (Å²) in [4.78, 5) is 12.3. The Labute approximate surface area is 122 Å². The largest absolute Gasteiger partial charge is 0.315 e. The van der Waals surface area contributed by atoms with Gasteiger partial charge in [0.2, 0.25) is 0 Å². The van der Waals surface area contributed by atoms with Crippen molar-refractivity contribution >= 4 is 5.78 Å². The van der Waals surface area contributed by atoms with Crippen LogP contribution in [0, 0.1) is 24.0 Å². The van der Waals surface area contributed by atoms with Crippen molar-refractivity contribution in [1.29, 1.82) is 0 Å². The number of carbonyl (C=O) groups excluding carboxylic acids is 1. The van der Waals surface area contributed by atoms with Crippen molar-refractivity contribution in [1.82, 2.24) is 4.57 Å². The Morgan fingerprint density at radius 2 is 1.86 bits per heavy atom. The van der Waals surface area contributed by atoms with E-state index in [0.717, 1.165) is 23.5 Å². The maximum Gasteiger partial charge on any atom is 0.165 e. The van der Waals surface area contributed by atoms with Gasteiger partial charge in [-0.2, -0.15) is 0 Å². The minimum absolute atomic E-state index is 0.0694. The average molecular weight is 289 g/mol. The fraction of sp³-hybridized carbons (Fsp3) is 0.353. The van der Waals surface area contributed by atoms with Gasteiger partial charge in [-0.3, -0.25) is 4.79 Å². The number of nitrogens with zero attached hydrogens (tertiary/aromatic N) is 1. The van der Waals surface area contributed by atoms with Gasteiger partial charge >= 0.3 is 0 Å². The molecule has 0 bridgehead atoms. The number of aryl methyl sites for hydroxylation is 1. The van der Waals surface area contributed by atoms with Crippen molar-refractivity contribution in [2.24, 2.45) is 5.41 Å². The van der Waals surface area contributed by atoms with Crippen molar-refractivity contribution in [3.8, 4) is 5.69 Å². The molecule has 2 nitrogen and oxygen atoms in total. The monoisotopic (exact) mass is 289 g/mol. The van der Waals surface area contributed by atoms with Crippen LogP contribution in [0.2, 0.25) is 0 Å². The summed E-state index contributed by atoms with van der Waals surface area (Å²) < 4.78 is 29.3. The van der Waals surface area contributed by atoms with Gasteiger partial charge in [-0.25, -0.2) is 8.78 Å². The van der Waals surface area contributed by atoms with E-state index >= 15 is 0 Å². The molecule has 0 unspecified atom stereocenters. The van der Waals surface area contributed by atoms with Crippen molar-refractivity contribution in [3.05, 3.63) is 52.9 Å². The highest BCUT2D eigenvalue weighted by Gasteiger charge is 2.34. The molecule has 0 radical (unpaired) electrons. The highest BCUT2D eigenvalue weighted by Crippen LogP contribution is 2.37. The lowest BCUT2D eigenvalue weighted by atomic mass is 9.76. The van der Waals surface area contributed by atoms with Crippen LogP contribution >= 0.6 is 0 Å². The number of rotatable bonds is 1. The van der Waals surface area contributed by atoms with Gasteiger partial charge in [0, 0.05) is 29.4 Å². The third-order valence-electron chi connectivity index (χ3n) is 4.02. The molecule has 0 saturated heterocycles. The SMILES string of the molecule is Cc1cc2c(n1-c1cc(F)ccc1F)CC(C)(C)CC2=O. The van der Waals surface area contributed by atoms with Crippen LogP contribution in [0.25, 0.3) is 5.69 Å². The molecule has 4 heteroatoms. The molecule has 0 spiro atoms. The van der Waals surface area contributed by atoms with Crippen LogP contribution < -0.4 is 0 Å². The maximum atomic E-state index is 14.1. The lowest BCUT2D eigenvalue weighted by molar-refractivity contribution is 0.0911. The van der Waals surface area contributed by atoms with Gasteiger partial charge in [-0.05, 0) is 37.0 Å². The summed E-state index contributed by atoms with van der Waals surface area (Å²) in [5.74, 6) is -0.914. The molecule has 1 aromatic carbocycles. The van der Waals surface area contributed by atoms with Crippen molar-refractivity contribution in [3.63, 3.8) is 0 Å². The lowest BCUT2D eigenvalue weighted by Crippen LogP contribution is -2.28. The second kappa shape index (κ2) is 4.52. The minimum Gasteiger partial charge on any atom is -0.315 e. The van der Waals surface area contributed by atoms with Gasteiger partial charge in [0.05, 0.1) is 5.69 Å². The van der Waals surface area contributed by atoms with E-state index in [1.165, 1.54) is 6.07 Å². The summed E-state index contributed by atoms with van der Waals surface area (Å²) in [5.41, 5.74) is 2.15. The van der Waals surface area contributed by atoms with Crippen LogP contribution in [0.1, 0.15) is 42.0 Å². The Bertz CT molecular complexity index is 743. The molecule has 0 aliphatic heterocycles. The highest BCUT2D eigenvalue weighted by atomic mass is 19.1. The zero-order chi connectivity index (χ0) is 15.4. The molecular weight excluding hydrogens is 272 g/mol. The molecule has 1 aromatic heterocycles. The van der Waals surface area contributed by atoms with Gasteiger partial charge < -0.3 is 4.57 Å². The summed E-state index contributed by atoms with van der Waals surface area (Å²) in [6.07, 6.45) is 1.15. The molecule has 21 heavy (non-hydrogen) atoms. The van der Waals surface area contributed by atoms with Crippen LogP contribution in [0.5, 0.6) is 0 Å². The molecule has 2 aromatic rings. The van der Waals surface area contributed by atoms with E-state index in [0.29, 0.717) is 18.4 Å². The van der Waals surface area contributed by atoms with Gasteiger partial charge in [-0.1, -0.05) is 13.8 Å². The summed E-state index contributed by atoms with van der Waals surface area (Å²) in [5, 5.41) is 0. The van der Waals surface area contributed by atoms with E-state index in [2.05, 4.69) is 0 Å². The predicted octanol–water partition coefficient (Wildman–Crippen LogP) is 4.22. The van der Waals surface area contributed by atoms with Crippen LogP contribution in [0.15, 0.2) is 24.3 Å². The maximum absolute atomic E-state index is 14.1. The Morgan fingerprint density at radius 3 is 2.57 bits per heavy atom. The minimum atomic E-state index is -0.492.